The minimum Gasteiger partial charge on any atom is -0.327 e. The summed E-state index contributed by atoms with van der Waals surface area (Å²) in [5.41, 5.74) is 7.41. The van der Waals surface area contributed by atoms with Crippen LogP contribution < -0.4 is 5.73 Å². The standard InChI is InChI=1S/C16H32N2/c1-15(2)8-10-18(11-9-15)12-13-6-5-7-16(3,4)14(13)17/h13-14H,5-12,17H2,1-4H3. The zero-order valence-corrected chi connectivity index (χ0v) is 12.8. The van der Waals surface area contributed by atoms with Gasteiger partial charge in [-0.3, -0.25) is 0 Å². The number of likely N-dealkylation sites (tertiary alicyclic amines) is 1. The Balaban J connectivity index is 1.86. The maximum atomic E-state index is 6.50. The third-order valence-corrected chi connectivity index (χ3v) is 5.51. The molecular formula is C16H32N2. The molecule has 1 saturated carbocycles. The van der Waals surface area contributed by atoms with Crippen molar-refractivity contribution in [3.8, 4) is 0 Å². The van der Waals surface area contributed by atoms with Crippen molar-refractivity contribution in [1.82, 2.24) is 4.90 Å². The van der Waals surface area contributed by atoms with Crippen molar-refractivity contribution in [1.29, 1.82) is 0 Å². The molecule has 0 aromatic carbocycles. The maximum absolute atomic E-state index is 6.50. The van der Waals surface area contributed by atoms with Crippen LogP contribution in [0.3, 0.4) is 0 Å². The van der Waals surface area contributed by atoms with Crippen molar-refractivity contribution in [2.45, 2.75) is 65.8 Å². The van der Waals surface area contributed by atoms with Crippen molar-refractivity contribution in [2.24, 2.45) is 22.5 Å². The van der Waals surface area contributed by atoms with Crippen LogP contribution >= 0.6 is 0 Å². The molecule has 1 heterocycles. The molecule has 2 heteroatoms. The Labute approximate surface area is 113 Å². The molecule has 18 heavy (non-hydrogen) atoms. The molecule has 0 bridgehead atoms. The average Bonchev–Trinajstić information content (AvgIpc) is 2.27. The summed E-state index contributed by atoms with van der Waals surface area (Å²) < 4.78 is 0. The van der Waals surface area contributed by atoms with Crippen LogP contribution in [0.4, 0.5) is 0 Å². The third kappa shape index (κ3) is 3.27. The lowest BCUT2D eigenvalue weighted by atomic mass is 9.68. The first kappa shape index (κ1) is 14.3. The molecule has 2 N–H and O–H groups in total. The smallest absolute Gasteiger partial charge is 0.0131 e. The summed E-state index contributed by atoms with van der Waals surface area (Å²) in [5, 5.41) is 0. The predicted octanol–water partition coefficient (Wildman–Crippen LogP) is 3.26. The van der Waals surface area contributed by atoms with Crippen molar-refractivity contribution >= 4 is 0 Å². The van der Waals surface area contributed by atoms with Gasteiger partial charge in [0.1, 0.15) is 0 Å². The van der Waals surface area contributed by atoms with Crippen molar-refractivity contribution in [2.75, 3.05) is 19.6 Å². The van der Waals surface area contributed by atoms with Crippen LogP contribution in [0.1, 0.15) is 59.8 Å². The van der Waals surface area contributed by atoms with Crippen molar-refractivity contribution in [3.05, 3.63) is 0 Å². The Morgan fingerprint density at radius 2 is 1.67 bits per heavy atom. The lowest BCUT2D eigenvalue weighted by Crippen LogP contribution is -2.51. The van der Waals surface area contributed by atoms with Gasteiger partial charge in [0, 0.05) is 12.6 Å². The van der Waals surface area contributed by atoms with E-state index in [1.54, 1.807) is 0 Å². The molecule has 1 saturated heterocycles. The van der Waals surface area contributed by atoms with E-state index in [2.05, 4.69) is 32.6 Å². The van der Waals surface area contributed by atoms with Crippen LogP contribution in [0.25, 0.3) is 0 Å². The van der Waals surface area contributed by atoms with Gasteiger partial charge in [-0.1, -0.05) is 34.1 Å². The van der Waals surface area contributed by atoms with E-state index in [-0.39, 0.29) is 0 Å². The lowest BCUT2D eigenvalue weighted by molar-refractivity contribution is 0.0703. The molecule has 106 valence electrons. The second-order valence-electron chi connectivity index (χ2n) is 8.13. The Hall–Kier alpha value is -0.0800. The van der Waals surface area contributed by atoms with Crippen LogP contribution in [-0.2, 0) is 0 Å². The van der Waals surface area contributed by atoms with Crippen LogP contribution in [0, 0.1) is 16.7 Å². The summed E-state index contributed by atoms with van der Waals surface area (Å²) in [6.45, 7) is 13.3. The minimum atomic E-state index is 0.345. The highest BCUT2D eigenvalue weighted by Crippen LogP contribution is 2.39. The molecule has 2 unspecified atom stereocenters. The fourth-order valence-corrected chi connectivity index (χ4v) is 3.68. The summed E-state index contributed by atoms with van der Waals surface area (Å²) in [6.07, 6.45) is 6.70. The number of rotatable bonds is 2. The van der Waals surface area contributed by atoms with E-state index in [9.17, 15) is 0 Å². The van der Waals surface area contributed by atoms with Gasteiger partial charge in [0.2, 0.25) is 0 Å². The van der Waals surface area contributed by atoms with E-state index in [0.717, 1.165) is 5.92 Å². The second kappa shape index (κ2) is 5.13. The van der Waals surface area contributed by atoms with E-state index in [1.165, 1.54) is 51.7 Å². The summed E-state index contributed by atoms with van der Waals surface area (Å²) in [6, 6.07) is 0.390. The second-order valence-corrected chi connectivity index (χ2v) is 8.13. The van der Waals surface area contributed by atoms with Gasteiger partial charge < -0.3 is 10.6 Å². The van der Waals surface area contributed by atoms with Crippen molar-refractivity contribution in [3.63, 3.8) is 0 Å². The minimum absolute atomic E-state index is 0.345. The average molecular weight is 252 g/mol. The zero-order chi connectivity index (χ0) is 13.4. The van der Waals surface area contributed by atoms with Gasteiger partial charge in [-0.25, -0.2) is 0 Å². The largest absolute Gasteiger partial charge is 0.327 e. The van der Waals surface area contributed by atoms with Crippen LogP contribution in [0.15, 0.2) is 0 Å². The molecule has 0 aromatic rings. The van der Waals surface area contributed by atoms with E-state index in [1.807, 2.05) is 0 Å². The summed E-state index contributed by atoms with van der Waals surface area (Å²) in [7, 11) is 0. The zero-order valence-electron chi connectivity index (χ0n) is 12.8. The number of piperidine rings is 1. The highest BCUT2D eigenvalue weighted by molar-refractivity contribution is 4.93. The van der Waals surface area contributed by atoms with Crippen LogP contribution in [0.2, 0.25) is 0 Å². The predicted molar refractivity (Wildman–Crippen MR) is 78.6 cm³/mol. The van der Waals surface area contributed by atoms with Gasteiger partial charge in [0.25, 0.3) is 0 Å². The molecular weight excluding hydrogens is 220 g/mol. The Morgan fingerprint density at radius 1 is 1.06 bits per heavy atom. The summed E-state index contributed by atoms with van der Waals surface area (Å²) in [4.78, 5) is 2.66. The van der Waals surface area contributed by atoms with E-state index >= 15 is 0 Å². The quantitative estimate of drug-likeness (QED) is 0.817. The maximum Gasteiger partial charge on any atom is 0.0131 e. The first-order valence-corrected chi connectivity index (χ1v) is 7.78. The van der Waals surface area contributed by atoms with Gasteiger partial charge in [0.05, 0.1) is 0 Å². The van der Waals surface area contributed by atoms with Gasteiger partial charge >= 0.3 is 0 Å². The topological polar surface area (TPSA) is 29.3 Å². The molecule has 0 radical (unpaired) electrons. The summed E-state index contributed by atoms with van der Waals surface area (Å²) >= 11 is 0. The first-order chi connectivity index (χ1) is 8.30. The molecule has 2 aliphatic rings. The Morgan fingerprint density at radius 3 is 2.28 bits per heavy atom. The fourth-order valence-electron chi connectivity index (χ4n) is 3.68. The molecule has 0 amide bonds. The Bertz CT molecular complexity index is 273. The Kier molecular flexibility index (Phi) is 4.08. The van der Waals surface area contributed by atoms with Gasteiger partial charge in [-0.2, -0.15) is 0 Å². The molecule has 2 fully saturated rings. The van der Waals surface area contributed by atoms with Gasteiger partial charge in [-0.05, 0) is 55.5 Å². The molecule has 2 atom stereocenters. The lowest BCUT2D eigenvalue weighted by Gasteiger charge is -2.45. The van der Waals surface area contributed by atoms with Crippen LogP contribution in [0.5, 0.6) is 0 Å². The molecule has 0 aromatic heterocycles. The fraction of sp³-hybridized carbons (Fsp3) is 1.00. The number of hydrogen-bond acceptors (Lipinski definition) is 2. The van der Waals surface area contributed by atoms with E-state index in [0.29, 0.717) is 16.9 Å². The van der Waals surface area contributed by atoms with E-state index in [4.69, 9.17) is 5.73 Å². The normalized spacial score (nSPS) is 36.5. The SMILES string of the molecule is CC1(C)CCN(CC2CCCC(C)(C)C2N)CC1. The number of nitrogens with zero attached hydrogens (tertiary/aromatic N) is 1. The molecule has 2 rings (SSSR count). The molecule has 2 nitrogen and oxygen atoms in total. The highest BCUT2D eigenvalue weighted by Gasteiger charge is 2.37. The number of hydrogen-bond donors (Lipinski definition) is 1. The van der Waals surface area contributed by atoms with Crippen LogP contribution in [-0.4, -0.2) is 30.6 Å². The highest BCUT2D eigenvalue weighted by atomic mass is 15.1. The molecule has 1 aliphatic carbocycles. The monoisotopic (exact) mass is 252 g/mol. The van der Waals surface area contributed by atoms with Gasteiger partial charge in [-0.15, -0.1) is 0 Å². The van der Waals surface area contributed by atoms with E-state index < -0.39 is 0 Å². The third-order valence-electron chi connectivity index (χ3n) is 5.51. The van der Waals surface area contributed by atoms with Gasteiger partial charge in [0.15, 0.2) is 0 Å². The number of nitrogens with two attached hydrogens (primary N) is 1. The first-order valence-electron chi connectivity index (χ1n) is 7.78. The molecule has 0 spiro atoms. The summed E-state index contributed by atoms with van der Waals surface area (Å²) in [5.74, 6) is 0.718. The van der Waals surface area contributed by atoms with Crippen molar-refractivity contribution < 1.29 is 0 Å². The molecule has 1 aliphatic heterocycles.